The molecule has 12 heteroatoms. The van der Waals surface area contributed by atoms with E-state index in [-0.39, 0.29) is 12.3 Å². The number of aliphatic hydroxyl groups is 1. The Morgan fingerprint density at radius 3 is 1.88 bits per heavy atom. The number of hydrogen-bond donors (Lipinski definition) is 7. The first-order chi connectivity index (χ1) is 15.9. The summed E-state index contributed by atoms with van der Waals surface area (Å²) in [4.78, 5) is 60.0. The number of aliphatic carboxylic acids is 2. The van der Waals surface area contributed by atoms with Crippen molar-refractivity contribution in [2.45, 2.75) is 57.3 Å². The van der Waals surface area contributed by atoms with Gasteiger partial charge in [0.05, 0.1) is 19.1 Å². The maximum absolute atomic E-state index is 12.8. The predicted octanol–water partition coefficient (Wildman–Crippen LogP) is -1.39. The van der Waals surface area contributed by atoms with Crippen LogP contribution in [-0.2, 0) is 30.4 Å². The molecule has 12 nitrogen and oxygen atoms in total. The molecule has 1 rings (SSSR count). The Labute approximate surface area is 196 Å². The zero-order valence-electron chi connectivity index (χ0n) is 19.1. The number of hydrogen-bond acceptors (Lipinski definition) is 7. The third kappa shape index (κ3) is 9.96. The molecule has 0 fully saturated rings. The smallest absolute Gasteiger partial charge is 0.326 e. The number of benzene rings is 1. The van der Waals surface area contributed by atoms with Crippen LogP contribution < -0.4 is 21.7 Å². The molecule has 0 aromatic heterocycles. The van der Waals surface area contributed by atoms with Gasteiger partial charge in [-0.1, -0.05) is 44.2 Å². The molecule has 0 spiro atoms. The number of nitrogens with one attached hydrogen (secondary N) is 3. The predicted molar refractivity (Wildman–Crippen MR) is 120 cm³/mol. The van der Waals surface area contributed by atoms with Gasteiger partial charge in [-0.3, -0.25) is 19.2 Å². The van der Waals surface area contributed by atoms with Crippen molar-refractivity contribution in [2.24, 2.45) is 11.7 Å². The summed E-state index contributed by atoms with van der Waals surface area (Å²) < 4.78 is 0. The third-order valence-electron chi connectivity index (χ3n) is 4.79. The summed E-state index contributed by atoms with van der Waals surface area (Å²) in [6.07, 6.45) is -0.572. The zero-order chi connectivity index (χ0) is 25.8. The lowest BCUT2D eigenvalue weighted by molar-refractivity contribution is -0.147. The molecule has 188 valence electrons. The van der Waals surface area contributed by atoms with Gasteiger partial charge in [0, 0.05) is 6.42 Å². The number of amides is 3. The van der Waals surface area contributed by atoms with Crippen molar-refractivity contribution in [1.82, 2.24) is 16.0 Å². The molecule has 1 aromatic rings. The molecule has 0 aliphatic rings. The second-order valence-electron chi connectivity index (χ2n) is 8.23. The maximum Gasteiger partial charge on any atom is 0.326 e. The highest BCUT2D eigenvalue weighted by Gasteiger charge is 2.31. The molecule has 4 unspecified atom stereocenters. The number of carbonyl (C=O) groups is 5. The number of carboxylic acid groups (broad SMARTS) is 2. The van der Waals surface area contributed by atoms with E-state index in [2.05, 4.69) is 16.0 Å². The monoisotopic (exact) mass is 480 g/mol. The van der Waals surface area contributed by atoms with Gasteiger partial charge in [0.2, 0.25) is 17.7 Å². The standard InChI is InChI=1S/C22H32N4O8/c1-12(2)8-14(23)19(30)26-17(11-27)21(32)24-15(9-13-6-4-3-5-7-13)20(31)25-16(22(33)34)10-18(28)29/h3-7,12,14-17,27H,8-11,23H2,1-2H3,(H,24,32)(H,25,31)(H,26,30)(H,28,29)(H,33,34). The summed E-state index contributed by atoms with van der Waals surface area (Å²) in [5, 5.41) is 34.5. The minimum Gasteiger partial charge on any atom is -0.481 e. The number of rotatable bonds is 14. The van der Waals surface area contributed by atoms with Crippen LogP contribution in [0.25, 0.3) is 0 Å². The molecule has 0 aliphatic carbocycles. The van der Waals surface area contributed by atoms with Gasteiger partial charge in [0.1, 0.15) is 18.1 Å². The van der Waals surface area contributed by atoms with Crippen molar-refractivity contribution in [3.8, 4) is 0 Å². The first kappa shape index (κ1) is 28.5. The van der Waals surface area contributed by atoms with Crippen molar-refractivity contribution in [2.75, 3.05) is 6.61 Å². The molecule has 0 bridgehead atoms. The van der Waals surface area contributed by atoms with Gasteiger partial charge < -0.3 is 37.0 Å². The Kier molecular flexibility index (Phi) is 11.7. The molecule has 1 aromatic carbocycles. The van der Waals surface area contributed by atoms with Gasteiger partial charge >= 0.3 is 11.9 Å². The minimum atomic E-state index is -1.72. The van der Waals surface area contributed by atoms with Crippen molar-refractivity contribution >= 4 is 29.7 Å². The van der Waals surface area contributed by atoms with Crippen LogP contribution in [0.5, 0.6) is 0 Å². The van der Waals surface area contributed by atoms with Crippen LogP contribution >= 0.6 is 0 Å². The van der Waals surface area contributed by atoms with E-state index in [1.807, 2.05) is 13.8 Å². The maximum atomic E-state index is 12.8. The van der Waals surface area contributed by atoms with Gasteiger partial charge in [-0.25, -0.2) is 4.79 Å². The largest absolute Gasteiger partial charge is 0.481 e. The summed E-state index contributed by atoms with van der Waals surface area (Å²) in [7, 11) is 0. The van der Waals surface area contributed by atoms with Crippen molar-refractivity contribution in [1.29, 1.82) is 0 Å². The molecule has 0 saturated carbocycles. The second-order valence-corrected chi connectivity index (χ2v) is 8.23. The molecule has 3 amide bonds. The zero-order valence-corrected chi connectivity index (χ0v) is 19.1. The Morgan fingerprint density at radius 1 is 0.853 bits per heavy atom. The van der Waals surface area contributed by atoms with Crippen LogP contribution in [-0.4, -0.2) is 75.8 Å². The van der Waals surface area contributed by atoms with E-state index in [0.717, 1.165) is 0 Å². The van der Waals surface area contributed by atoms with Crippen molar-refractivity contribution < 1.29 is 39.3 Å². The Morgan fingerprint density at radius 2 is 1.38 bits per heavy atom. The number of nitrogens with two attached hydrogens (primary N) is 1. The number of aliphatic hydroxyl groups excluding tert-OH is 1. The topological polar surface area (TPSA) is 208 Å². The SMILES string of the molecule is CC(C)CC(N)C(=O)NC(CO)C(=O)NC(Cc1ccccc1)C(=O)NC(CC(=O)O)C(=O)O. The fourth-order valence-corrected chi connectivity index (χ4v) is 3.07. The van der Waals surface area contributed by atoms with Gasteiger partial charge in [0.15, 0.2) is 0 Å². The van der Waals surface area contributed by atoms with E-state index in [1.165, 1.54) is 0 Å². The molecule has 8 N–H and O–H groups in total. The van der Waals surface area contributed by atoms with Crippen LogP contribution in [0.4, 0.5) is 0 Å². The molecule has 0 aliphatic heterocycles. The highest BCUT2D eigenvalue weighted by Crippen LogP contribution is 2.06. The molecular weight excluding hydrogens is 448 g/mol. The summed E-state index contributed by atoms with van der Waals surface area (Å²) in [5.74, 6) is -5.36. The lowest BCUT2D eigenvalue weighted by Gasteiger charge is -2.24. The van der Waals surface area contributed by atoms with E-state index >= 15 is 0 Å². The first-order valence-corrected chi connectivity index (χ1v) is 10.7. The normalized spacial score (nSPS) is 14.4. The van der Waals surface area contributed by atoms with Crippen LogP contribution in [0.3, 0.4) is 0 Å². The molecule has 0 saturated heterocycles. The van der Waals surface area contributed by atoms with Crippen LogP contribution in [0.1, 0.15) is 32.3 Å². The third-order valence-corrected chi connectivity index (χ3v) is 4.79. The Bertz CT molecular complexity index is 862. The highest BCUT2D eigenvalue weighted by molar-refractivity contribution is 5.94. The second kappa shape index (κ2) is 13.9. The van der Waals surface area contributed by atoms with Gasteiger partial charge in [-0.05, 0) is 17.9 Å². The van der Waals surface area contributed by atoms with Gasteiger partial charge in [-0.2, -0.15) is 0 Å². The van der Waals surface area contributed by atoms with Crippen molar-refractivity contribution in [3.05, 3.63) is 35.9 Å². The average Bonchev–Trinajstić information content (AvgIpc) is 2.75. The lowest BCUT2D eigenvalue weighted by Crippen LogP contribution is -2.58. The average molecular weight is 481 g/mol. The lowest BCUT2D eigenvalue weighted by atomic mass is 10.0. The van der Waals surface area contributed by atoms with Crippen LogP contribution in [0, 0.1) is 5.92 Å². The van der Waals surface area contributed by atoms with Crippen LogP contribution in [0.2, 0.25) is 0 Å². The molecule has 4 atom stereocenters. The Balaban J connectivity index is 3.01. The summed E-state index contributed by atoms with van der Waals surface area (Å²) >= 11 is 0. The number of carbonyl (C=O) groups excluding carboxylic acids is 3. The van der Waals surface area contributed by atoms with E-state index in [0.29, 0.717) is 12.0 Å². The fraction of sp³-hybridized carbons (Fsp3) is 0.500. The molecule has 34 heavy (non-hydrogen) atoms. The molecular formula is C22H32N4O8. The van der Waals surface area contributed by atoms with E-state index in [9.17, 15) is 34.2 Å². The molecule has 0 heterocycles. The van der Waals surface area contributed by atoms with E-state index in [1.54, 1.807) is 30.3 Å². The first-order valence-electron chi connectivity index (χ1n) is 10.7. The fourth-order valence-electron chi connectivity index (χ4n) is 3.07. The minimum absolute atomic E-state index is 0.0587. The molecule has 0 radical (unpaired) electrons. The number of carboxylic acids is 2. The van der Waals surface area contributed by atoms with Gasteiger partial charge in [0.25, 0.3) is 0 Å². The summed E-state index contributed by atoms with van der Waals surface area (Å²) in [5.41, 5.74) is 6.42. The van der Waals surface area contributed by atoms with Crippen molar-refractivity contribution in [3.63, 3.8) is 0 Å². The van der Waals surface area contributed by atoms with E-state index in [4.69, 9.17) is 10.8 Å². The van der Waals surface area contributed by atoms with Crippen LogP contribution in [0.15, 0.2) is 30.3 Å². The van der Waals surface area contributed by atoms with E-state index < -0.39 is 66.9 Å². The van der Waals surface area contributed by atoms with Gasteiger partial charge in [-0.15, -0.1) is 0 Å². The quantitative estimate of drug-likeness (QED) is 0.167. The highest BCUT2D eigenvalue weighted by atomic mass is 16.4. The Hall–Kier alpha value is -3.51. The summed E-state index contributed by atoms with van der Waals surface area (Å²) in [6, 6.07) is 3.13. The summed E-state index contributed by atoms with van der Waals surface area (Å²) in [6.45, 7) is 2.96.